The smallest absolute Gasteiger partial charge is 0.153 e. The zero-order chi connectivity index (χ0) is 7.49. The van der Waals surface area contributed by atoms with Crippen molar-refractivity contribution in [3.63, 3.8) is 0 Å². The molecule has 0 saturated carbocycles. The summed E-state index contributed by atoms with van der Waals surface area (Å²) in [5.41, 5.74) is 0. The van der Waals surface area contributed by atoms with Crippen molar-refractivity contribution in [1.29, 1.82) is 5.41 Å². The summed E-state index contributed by atoms with van der Waals surface area (Å²) < 4.78 is 20.9. The molecule has 0 heterocycles. The Morgan fingerprint density at radius 2 is 2.11 bits per heavy atom. The van der Waals surface area contributed by atoms with E-state index in [1.165, 1.54) is 0 Å². The van der Waals surface area contributed by atoms with Crippen LogP contribution in [-0.4, -0.2) is 31.7 Å². The monoisotopic (exact) mass is 167 g/mol. The molecule has 0 bridgehead atoms. The van der Waals surface area contributed by atoms with Crippen LogP contribution in [0.5, 0.6) is 0 Å². The van der Waals surface area contributed by atoms with Gasteiger partial charge in [-0.05, 0) is 6.26 Å². The van der Waals surface area contributed by atoms with Gasteiger partial charge in [0.1, 0.15) is 0 Å². The van der Waals surface area contributed by atoms with Gasteiger partial charge in [-0.25, -0.2) is 8.42 Å². The summed E-state index contributed by atoms with van der Waals surface area (Å²) in [5, 5.41) is 7.17. The van der Waals surface area contributed by atoms with Crippen molar-refractivity contribution in [2.24, 2.45) is 0 Å². The molecule has 0 fully saturated rings. The summed E-state index contributed by atoms with van der Waals surface area (Å²) in [6, 6.07) is 0. The summed E-state index contributed by atoms with van der Waals surface area (Å²) >= 11 is 1.16. The van der Waals surface area contributed by atoms with E-state index < -0.39 is 9.84 Å². The maximum atomic E-state index is 10.4. The van der Waals surface area contributed by atoms with Crippen LogP contribution in [-0.2, 0) is 9.84 Å². The van der Waals surface area contributed by atoms with Gasteiger partial charge >= 0.3 is 0 Å². The second-order valence-electron chi connectivity index (χ2n) is 1.70. The number of hydrogen-bond donors (Lipinski definition) is 1. The van der Waals surface area contributed by atoms with Gasteiger partial charge in [0.2, 0.25) is 0 Å². The molecule has 0 amide bonds. The van der Waals surface area contributed by atoms with E-state index >= 15 is 0 Å². The minimum atomic E-state index is -2.98. The van der Waals surface area contributed by atoms with Crippen LogP contribution in [0.4, 0.5) is 0 Å². The van der Waals surface area contributed by atoms with Crippen molar-refractivity contribution in [2.45, 2.75) is 0 Å². The Morgan fingerprint density at radius 3 is 2.22 bits per heavy atom. The highest BCUT2D eigenvalue weighted by Crippen LogP contribution is 1.97. The highest BCUT2D eigenvalue weighted by molar-refractivity contribution is 8.14. The predicted octanol–water partition coefficient (Wildman–Crippen LogP) is 0.371. The van der Waals surface area contributed by atoms with Gasteiger partial charge in [0.15, 0.2) is 9.84 Å². The van der Waals surface area contributed by atoms with E-state index in [0.29, 0.717) is 0 Å². The summed E-state index contributed by atoms with van der Waals surface area (Å²) in [4.78, 5) is 0. The second kappa shape index (κ2) is 3.22. The van der Waals surface area contributed by atoms with Gasteiger partial charge < -0.3 is 0 Å². The zero-order valence-corrected chi connectivity index (χ0v) is 6.97. The Kier molecular flexibility index (Phi) is 3.21. The molecule has 9 heavy (non-hydrogen) atoms. The molecule has 0 aliphatic rings. The molecule has 0 aliphatic heterocycles. The molecular weight excluding hydrogens is 158 g/mol. The maximum absolute atomic E-state index is 10.4. The van der Waals surface area contributed by atoms with Gasteiger partial charge in [-0.2, -0.15) is 0 Å². The maximum Gasteiger partial charge on any atom is 0.153 e. The normalized spacial score (nSPS) is 11.3. The SMILES string of the molecule is CSC(=N)CS(C)(=O)=O. The highest BCUT2D eigenvalue weighted by atomic mass is 32.2. The molecule has 54 valence electrons. The third-order valence-corrected chi connectivity index (χ3v) is 2.27. The third-order valence-electron chi connectivity index (χ3n) is 0.640. The first kappa shape index (κ1) is 8.97. The molecule has 0 unspecified atom stereocenters. The number of hydrogen-bond acceptors (Lipinski definition) is 4. The molecule has 5 heteroatoms. The Balaban J connectivity index is 3.91. The summed E-state index contributed by atoms with van der Waals surface area (Å²) in [6.07, 6.45) is 2.81. The van der Waals surface area contributed by atoms with Gasteiger partial charge in [-0.3, -0.25) is 5.41 Å². The van der Waals surface area contributed by atoms with E-state index in [9.17, 15) is 8.42 Å². The Hall–Kier alpha value is -0.0300. The Bertz CT molecular complexity index is 195. The van der Waals surface area contributed by atoms with Gasteiger partial charge in [0, 0.05) is 6.26 Å². The molecule has 3 nitrogen and oxygen atoms in total. The minimum absolute atomic E-state index is 0.131. The van der Waals surface area contributed by atoms with E-state index in [4.69, 9.17) is 5.41 Å². The van der Waals surface area contributed by atoms with Crippen LogP contribution < -0.4 is 0 Å². The van der Waals surface area contributed by atoms with Crippen molar-refractivity contribution in [3.05, 3.63) is 0 Å². The molecule has 0 aromatic rings. The van der Waals surface area contributed by atoms with Crippen LogP contribution in [0.15, 0.2) is 0 Å². The number of rotatable bonds is 2. The van der Waals surface area contributed by atoms with Crippen LogP contribution in [0.2, 0.25) is 0 Å². The van der Waals surface area contributed by atoms with Gasteiger partial charge in [0.05, 0.1) is 10.8 Å². The first-order valence-corrected chi connectivity index (χ1v) is 5.53. The highest BCUT2D eigenvalue weighted by Gasteiger charge is 2.04. The predicted molar refractivity (Wildman–Crippen MR) is 41.0 cm³/mol. The molecule has 0 radical (unpaired) electrons. The van der Waals surface area contributed by atoms with Crippen LogP contribution in [0, 0.1) is 5.41 Å². The standard InChI is InChI=1S/C4H9NO2S2/c1-8-4(5)3-9(2,6)7/h5H,3H2,1-2H3. The van der Waals surface area contributed by atoms with Crippen molar-refractivity contribution >= 4 is 26.6 Å². The summed E-state index contributed by atoms with van der Waals surface area (Å²) in [5.74, 6) is -0.131. The molecule has 0 aromatic carbocycles. The topological polar surface area (TPSA) is 58.0 Å². The molecule has 0 spiro atoms. The van der Waals surface area contributed by atoms with Crippen LogP contribution in [0.25, 0.3) is 0 Å². The third kappa shape index (κ3) is 5.85. The van der Waals surface area contributed by atoms with Crippen LogP contribution in [0.1, 0.15) is 0 Å². The van der Waals surface area contributed by atoms with Crippen molar-refractivity contribution in [2.75, 3.05) is 18.3 Å². The van der Waals surface area contributed by atoms with Gasteiger partial charge in [-0.1, -0.05) is 0 Å². The molecule has 0 atom stereocenters. The fourth-order valence-corrected chi connectivity index (χ4v) is 1.89. The minimum Gasteiger partial charge on any atom is -0.297 e. The van der Waals surface area contributed by atoms with E-state index in [0.717, 1.165) is 18.0 Å². The fraction of sp³-hybridized carbons (Fsp3) is 0.750. The van der Waals surface area contributed by atoms with Gasteiger partial charge in [0.25, 0.3) is 0 Å². The fourth-order valence-electron chi connectivity index (χ4n) is 0.297. The Labute approximate surface area is 59.3 Å². The number of sulfone groups is 1. The molecule has 0 aliphatic carbocycles. The van der Waals surface area contributed by atoms with Crippen LogP contribution in [0.3, 0.4) is 0 Å². The quantitative estimate of drug-likeness (QED) is 0.477. The largest absolute Gasteiger partial charge is 0.297 e. The molecule has 1 N–H and O–H groups in total. The van der Waals surface area contributed by atoms with E-state index in [-0.39, 0.29) is 10.8 Å². The second-order valence-corrected chi connectivity index (χ2v) is 4.74. The molecule has 0 saturated heterocycles. The van der Waals surface area contributed by atoms with E-state index in [1.807, 2.05) is 0 Å². The Morgan fingerprint density at radius 1 is 1.67 bits per heavy atom. The molecule has 0 rings (SSSR count). The van der Waals surface area contributed by atoms with Crippen molar-refractivity contribution in [3.8, 4) is 0 Å². The van der Waals surface area contributed by atoms with Crippen molar-refractivity contribution in [1.82, 2.24) is 0 Å². The van der Waals surface area contributed by atoms with Crippen molar-refractivity contribution < 1.29 is 8.42 Å². The average Bonchev–Trinajstić information content (AvgIpc) is 1.62. The van der Waals surface area contributed by atoms with E-state index in [2.05, 4.69) is 0 Å². The number of thioether (sulfide) groups is 1. The first-order valence-electron chi connectivity index (χ1n) is 2.25. The molecular formula is C4H9NO2S2. The summed E-state index contributed by atoms with van der Waals surface area (Å²) in [7, 11) is -2.98. The average molecular weight is 167 g/mol. The summed E-state index contributed by atoms with van der Waals surface area (Å²) in [6.45, 7) is 0. The molecule has 0 aromatic heterocycles. The lowest BCUT2D eigenvalue weighted by molar-refractivity contribution is 0.605. The van der Waals surface area contributed by atoms with Crippen LogP contribution >= 0.6 is 11.8 Å². The lowest BCUT2D eigenvalue weighted by Crippen LogP contribution is -2.09. The number of nitrogens with one attached hydrogen (secondary N) is 1. The van der Waals surface area contributed by atoms with Gasteiger partial charge in [-0.15, -0.1) is 11.8 Å². The first-order chi connectivity index (χ1) is 3.95. The van der Waals surface area contributed by atoms with E-state index in [1.54, 1.807) is 6.26 Å². The lowest BCUT2D eigenvalue weighted by atomic mass is 10.9. The lowest BCUT2D eigenvalue weighted by Gasteiger charge is -1.94. The zero-order valence-electron chi connectivity index (χ0n) is 5.34.